The summed E-state index contributed by atoms with van der Waals surface area (Å²) >= 11 is -1.33. The molecule has 0 saturated carbocycles. The molecule has 156 valence electrons. The van der Waals surface area contributed by atoms with E-state index in [1.54, 1.807) is 26.8 Å². The first kappa shape index (κ1) is 24.1. The summed E-state index contributed by atoms with van der Waals surface area (Å²) in [5.41, 5.74) is 0.190. The Morgan fingerprint density at radius 2 is 1.89 bits per heavy atom. The number of hydrogen-bond acceptors (Lipinski definition) is 6. The predicted octanol–water partition coefficient (Wildman–Crippen LogP) is 3.60. The molecule has 7 nitrogen and oxygen atoms in total. The average Bonchev–Trinajstić information content (AvgIpc) is 2.56. The summed E-state index contributed by atoms with van der Waals surface area (Å²) in [5, 5.41) is 11.8. The Morgan fingerprint density at radius 3 is 2.46 bits per heavy atom. The van der Waals surface area contributed by atoms with E-state index < -0.39 is 33.8 Å². The molecule has 0 radical (unpaired) electrons. The molecule has 8 heteroatoms. The van der Waals surface area contributed by atoms with E-state index in [1.165, 1.54) is 0 Å². The van der Waals surface area contributed by atoms with Gasteiger partial charge in [-0.2, -0.15) is 5.26 Å². The molecular weight excluding hydrogens is 378 g/mol. The van der Waals surface area contributed by atoms with Crippen molar-refractivity contribution in [1.82, 2.24) is 10.0 Å². The first-order valence-electron chi connectivity index (χ1n) is 9.17. The number of nitrogens with zero attached hydrogens (tertiary/aromatic N) is 1. The van der Waals surface area contributed by atoms with E-state index in [0.29, 0.717) is 5.75 Å². The Hall–Kier alpha value is -1.95. The molecule has 2 atom stereocenters. The molecule has 0 unspecified atom stereocenters. The number of nitrogens with one attached hydrogen (secondary N) is 2. The third-order valence-electron chi connectivity index (χ3n) is 3.42. The number of ether oxygens (including phenoxy) is 2. The minimum absolute atomic E-state index is 0.151. The molecule has 0 aliphatic rings. The van der Waals surface area contributed by atoms with Crippen molar-refractivity contribution in [2.75, 3.05) is 13.2 Å². The molecule has 0 spiro atoms. The molecule has 2 N–H and O–H groups in total. The van der Waals surface area contributed by atoms with Gasteiger partial charge in [0.05, 0.1) is 25.1 Å². The molecule has 0 aliphatic heterocycles. The van der Waals surface area contributed by atoms with Gasteiger partial charge in [-0.3, -0.25) is 0 Å². The fourth-order valence-electron chi connectivity index (χ4n) is 2.14. The van der Waals surface area contributed by atoms with Crippen molar-refractivity contribution < 1.29 is 18.8 Å². The highest BCUT2D eigenvalue weighted by molar-refractivity contribution is 7.90. The summed E-state index contributed by atoms with van der Waals surface area (Å²) in [7, 11) is 0. The summed E-state index contributed by atoms with van der Waals surface area (Å²) in [4.78, 5) is 11.7. The zero-order chi connectivity index (χ0) is 21.4. The zero-order valence-corrected chi connectivity index (χ0v) is 18.3. The lowest BCUT2D eigenvalue weighted by atomic mass is 10.0. The van der Waals surface area contributed by atoms with Crippen LogP contribution in [0.3, 0.4) is 0 Å². The first-order chi connectivity index (χ1) is 12.9. The van der Waals surface area contributed by atoms with Crippen molar-refractivity contribution >= 4 is 17.5 Å². The average molecular weight is 410 g/mol. The van der Waals surface area contributed by atoms with Crippen LogP contribution < -0.4 is 14.8 Å². The van der Waals surface area contributed by atoms with Crippen LogP contribution in [0, 0.1) is 11.3 Å². The van der Waals surface area contributed by atoms with Crippen LogP contribution in [0.25, 0.3) is 0 Å². The van der Waals surface area contributed by atoms with Crippen LogP contribution in [0.2, 0.25) is 0 Å². The molecule has 0 saturated heterocycles. The quantitative estimate of drug-likeness (QED) is 0.502. The Labute approximate surface area is 171 Å². The summed E-state index contributed by atoms with van der Waals surface area (Å²) in [6.45, 7) is 11.5. The lowest BCUT2D eigenvalue weighted by molar-refractivity contribution is 0.0520. The molecule has 0 aromatic heterocycles. The van der Waals surface area contributed by atoms with Crippen LogP contribution in [-0.2, 0) is 16.1 Å². The second-order valence-electron chi connectivity index (χ2n) is 8.23. The molecular formula is C20H31N3O4S. The van der Waals surface area contributed by atoms with Crippen molar-refractivity contribution in [2.45, 2.75) is 64.4 Å². The topological polar surface area (TPSA) is 106 Å². The van der Waals surface area contributed by atoms with Crippen LogP contribution in [0.5, 0.6) is 5.75 Å². The Balaban J connectivity index is 2.74. The number of nitriles is 1. The Bertz CT molecular complexity index is 677. The highest BCUT2D eigenvalue weighted by atomic mass is 32.2. The number of hydrogen-bond donors (Lipinski definition) is 2. The van der Waals surface area contributed by atoms with E-state index in [4.69, 9.17) is 9.47 Å². The summed E-state index contributed by atoms with van der Waals surface area (Å²) in [5.74, 6) is 0.576. The van der Waals surface area contributed by atoms with E-state index in [2.05, 4.69) is 16.1 Å². The minimum atomic E-state index is -1.33. The van der Waals surface area contributed by atoms with E-state index in [0.717, 1.165) is 5.56 Å². The maximum atomic E-state index is 12.5. The van der Waals surface area contributed by atoms with Gasteiger partial charge in [0.2, 0.25) is 0 Å². The second-order valence-corrected chi connectivity index (χ2v) is 10.2. The van der Waals surface area contributed by atoms with Gasteiger partial charge in [0, 0.05) is 16.9 Å². The van der Waals surface area contributed by atoms with Crippen molar-refractivity contribution in [2.24, 2.45) is 0 Å². The molecule has 0 bridgehead atoms. The SMILES string of the molecule is CC(C)(C)OC(=O)NCCOc1ccccc1[C@@H](CC#N)N[S@+]([O-])C(C)(C)C. The van der Waals surface area contributed by atoms with E-state index in [-0.39, 0.29) is 19.6 Å². The molecule has 1 amide bonds. The van der Waals surface area contributed by atoms with Gasteiger partial charge < -0.3 is 19.3 Å². The monoisotopic (exact) mass is 409 g/mol. The third kappa shape index (κ3) is 8.83. The van der Waals surface area contributed by atoms with Gasteiger partial charge in [-0.1, -0.05) is 18.2 Å². The normalized spacial score (nSPS) is 13.9. The van der Waals surface area contributed by atoms with E-state index in [9.17, 15) is 14.6 Å². The fraction of sp³-hybridized carbons (Fsp3) is 0.600. The summed E-state index contributed by atoms with van der Waals surface area (Å²) in [6.07, 6.45) is -0.354. The van der Waals surface area contributed by atoms with Crippen LogP contribution in [0.15, 0.2) is 24.3 Å². The van der Waals surface area contributed by atoms with Crippen molar-refractivity contribution in [1.29, 1.82) is 5.26 Å². The van der Waals surface area contributed by atoms with Gasteiger partial charge in [-0.25, -0.2) is 4.79 Å². The highest BCUT2D eigenvalue weighted by Gasteiger charge is 2.30. The maximum Gasteiger partial charge on any atom is 0.407 e. The molecule has 0 aliphatic carbocycles. The summed E-state index contributed by atoms with van der Waals surface area (Å²) in [6, 6.07) is 8.99. The van der Waals surface area contributed by atoms with E-state index >= 15 is 0 Å². The lowest BCUT2D eigenvalue weighted by Crippen LogP contribution is -2.41. The summed E-state index contributed by atoms with van der Waals surface area (Å²) < 4.78 is 26.0. The van der Waals surface area contributed by atoms with Crippen LogP contribution >= 0.6 is 0 Å². The van der Waals surface area contributed by atoms with Crippen molar-refractivity contribution in [3.63, 3.8) is 0 Å². The molecule has 1 rings (SSSR count). The van der Waals surface area contributed by atoms with Crippen molar-refractivity contribution in [3.05, 3.63) is 29.8 Å². The Morgan fingerprint density at radius 1 is 1.25 bits per heavy atom. The van der Waals surface area contributed by atoms with E-state index in [1.807, 2.05) is 39.0 Å². The highest BCUT2D eigenvalue weighted by Crippen LogP contribution is 2.29. The molecule has 1 aromatic carbocycles. The molecule has 0 heterocycles. The van der Waals surface area contributed by atoms with Gasteiger partial charge in [-0.15, -0.1) is 4.72 Å². The van der Waals surface area contributed by atoms with Crippen molar-refractivity contribution in [3.8, 4) is 11.8 Å². The van der Waals surface area contributed by atoms with Crippen LogP contribution in [0.1, 0.15) is 59.6 Å². The third-order valence-corrected chi connectivity index (χ3v) is 5.03. The van der Waals surface area contributed by atoms with Crippen LogP contribution in [0.4, 0.5) is 4.79 Å². The first-order valence-corrected chi connectivity index (χ1v) is 10.3. The number of para-hydroxylation sites is 1. The molecule has 0 fully saturated rings. The molecule has 28 heavy (non-hydrogen) atoms. The maximum absolute atomic E-state index is 12.5. The number of benzene rings is 1. The standard InChI is InChI=1S/C20H31N3O4S/c1-19(2,3)27-18(24)22-13-14-26-17-10-8-7-9-15(17)16(11-12-21)23-28(25)20(4,5)6/h7-10,16,23H,11,13-14H2,1-6H3,(H,22,24)/t16-,28-/m1/s1. The van der Waals surface area contributed by atoms with Gasteiger partial charge in [0.15, 0.2) is 0 Å². The number of rotatable bonds is 8. The Kier molecular flexibility index (Phi) is 9.08. The molecule has 1 aromatic rings. The fourth-order valence-corrected chi connectivity index (χ4v) is 2.96. The second kappa shape index (κ2) is 10.6. The number of amides is 1. The van der Waals surface area contributed by atoms with Gasteiger partial charge in [0.1, 0.15) is 22.7 Å². The largest absolute Gasteiger partial charge is 0.598 e. The minimum Gasteiger partial charge on any atom is -0.598 e. The van der Waals surface area contributed by atoms with Crippen LogP contribution in [-0.4, -0.2) is 34.1 Å². The van der Waals surface area contributed by atoms with Gasteiger partial charge >= 0.3 is 6.09 Å². The number of alkyl carbamates (subject to hydrolysis) is 1. The number of carbonyl (C=O) groups is 1. The smallest absolute Gasteiger partial charge is 0.407 e. The number of carbonyl (C=O) groups excluding carboxylic acids is 1. The zero-order valence-electron chi connectivity index (χ0n) is 17.5. The predicted molar refractivity (Wildman–Crippen MR) is 110 cm³/mol. The van der Waals surface area contributed by atoms with Gasteiger partial charge in [-0.05, 0) is 47.6 Å². The van der Waals surface area contributed by atoms with Gasteiger partial charge in [0.25, 0.3) is 0 Å². The lowest BCUT2D eigenvalue weighted by Gasteiger charge is -2.28.